The van der Waals surface area contributed by atoms with Gasteiger partial charge in [0.15, 0.2) is 0 Å². The van der Waals surface area contributed by atoms with Gasteiger partial charge in [-0.2, -0.15) is 0 Å². The van der Waals surface area contributed by atoms with Crippen LogP contribution in [0.1, 0.15) is 585 Å². The van der Waals surface area contributed by atoms with E-state index < -0.39 is 0 Å². The number of carbonyl (C=O) groups is 11. The van der Waals surface area contributed by atoms with Gasteiger partial charge in [0, 0.05) is 189 Å². The molecule has 0 bridgehead atoms. The smallest absolute Gasteiger partial charge is 0.222 e. The molecular weight excluding hydrogens is 1770 g/mol. The van der Waals surface area contributed by atoms with Crippen LogP contribution in [0, 0.1) is 76.3 Å². The number of aliphatic hydroxyl groups is 2. The molecule has 142 heavy (non-hydrogen) atoms. The lowest BCUT2D eigenvalue weighted by atomic mass is 9.86. The second-order valence-electron chi connectivity index (χ2n) is 57.0. The first-order chi connectivity index (χ1) is 64.3. The predicted octanol–water partition coefficient (Wildman–Crippen LogP) is 33.2. The third-order valence-electron chi connectivity index (χ3n) is 25.7. The number of likely N-dealkylation sites (N-methyl/N-ethyl adjacent to an activating group) is 1. The van der Waals surface area contributed by atoms with Crippen molar-refractivity contribution in [3.05, 3.63) is 0 Å². The quantitative estimate of drug-likeness (QED) is 0.0537. The van der Waals surface area contributed by atoms with Crippen LogP contribution in [0.2, 0.25) is 0 Å². The van der Waals surface area contributed by atoms with Crippen molar-refractivity contribution in [2.24, 2.45) is 76.3 Å². The molecule has 0 aromatic heterocycles. The second-order valence-corrected chi connectivity index (χ2v) is 57.0. The molecule has 4 aliphatic rings. The van der Waals surface area contributed by atoms with Crippen LogP contribution in [0.4, 0.5) is 0 Å². The summed E-state index contributed by atoms with van der Waals surface area (Å²) < 4.78 is 4.93. The molecule has 844 valence electrons. The molecule has 3 saturated carbocycles. The van der Waals surface area contributed by atoms with Gasteiger partial charge in [-0.05, 0) is 264 Å². The number of hydrogen-bond acceptors (Lipinski definition) is 16. The molecule has 17 nitrogen and oxygen atoms in total. The number of nitrogens with zero attached hydrogens (tertiary/aromatic N) is 3. The highest BCUT2D eigenvalue weighted by Crippen LogP contribution is 2.52. The minimum absolute atomic E-state index is 0.222. The number of ether oxygens (including phenoxy) is 1. The topological polar surface area (TPSA) is 247 Å². The summed E-state index contributed by atoms with van der Waals surface area (Å²) in [6.45, 7) is 92.3. The highest BCUT2D eigenvalue weighted by atomic mass is 16.5. The Morgan fingerprint density at radius 2 is 0.620 bits per heavy atom. The maximum Gasteiger partial charge on any atom is 0.222 e. The van der Waals surface area contributed by atoms with E-state index in [1.807, 2.05) is 13.8 Å². The first-order valence-corrected chi connectivity index (χ1v) is 56.9. The van der Waals surface area contributed by atoms with E-state index in [9.17, 15) is 52.7 Å². The molecule has 4 fully saturated rings. The molecule has 4 rings (SSSR count). The van der Waals surface area contributed by atoms with Crippen LogP contribution in [-0.2, 0) is 57.5 Å². The Balaban J connectivity index is -0.000000283. The van der Waals surface area contributed by atoms with Gasteiger partial charge in [0.1, 0.15) is 57.8 Å². The molecule has 0 aromatic carbocycles. The average Bonchev–Trinajstić information content (AvgIpc) is 1.66. The fraction of sp³-hybridized carbons (Fsp3) is 0.912. The van der Waals surface area contributed by atoms with Crippen molar-refractivity contribution >= 4 is 63.7 Å². The molecule has 1 aliphatic heterocycles. The molecule has 3 aliphatic carbocycles. The number of piperazine rings is 1. The summed E-state index contributed by atoms with van der Waals surface area (Å²) in [4.78, 5) is 131. The van der Waals surface area contributed by atoms with Gasteiger partial charge >= 0.3 is 0 Å². The lowest BCUT2D eigenvalue weighted by Crippen LogP contribution is -2.44. The van der Waals surface area contributed by atoms with Crippen molar-refractivity contribution in [1.29, 1.82) is 0 Å². The van der Waals surface area contributed by atoms with Crippen LogP contribution in [0.25, 0.3) is 0 Å². The number of Topliss-reactive ketones (excluding diaryl/α,β-unsaturated/α-hetero) is 10. The molecule has 1 saturated heterocycles. The summed E-state index contributed by atoms with van der Waals surface area (Å²) in [5.41, 5.74) is 4.17. The van der Waals surface area contributed by atoms with E-state index in [2.05, 4.69) is 266 Å². The first-order valence-electron chi connectivity index (χ1n) is 56.9. The number of aliphatic hydroxyl groups excluding tert-OH is 2. The summed E-state index contributed by atoms with van der Waals surface area (Å²) in [5.74, 6) is 5.04. The van der Waals surface area contributed by atoms with E-state index in [-0.39, 0.29) is 62.2 Å². The van der Waals surface area contributed by atoms with Crippen molar-refractivity contribution in [2.75, 3.05) is 67.6 Å². The lowest BCUT2D eigenvalue weighted by Gasteiger charge is -2.32. The van der Waals surface area contributed by atoms with Gasteiger partial charge in [-0.25, -0.2) is 0 Å². The average molecular weight is 2010 g/mol. The maximum absolute atomic E-state index is 11.8. The van der Waals surface area contributed by atoms with E-state index in [1.54, 1.807) is 40.0 Å². The molecular formula is C125H245N3O14. The van der Waals surface area contributed by atoms with Gasteiger partial charge in [0.25, 0.3) is 0 Å². The van der Waals surface area contributed by atoms with Crippen LogP contribution in [0.5, 0.6) is 0 Å². The number of unbranched alkanes of at least 4 members (excludes halogenated alkanes) is 2. The SMILES string of the molecule is CC(C)(C)CCC(=O)CC1CC1.CC(C)(C)CCC(=O)CCC(C)(C)C.CC(C)(C)CCC(=O)CCC1(C)CC1.CC(O)CCC(=O)CCC(C)(C)C.CCC(=O)CCC(C)(C)C.CCC1(CC(=O)CCC(C)(C)C)CC1.CCCC(=O)CC[C@@H](C)O.CCCCC(=O)CCC(C)(C)C.CN(C)C(=O)CCC(C)(C)C.CN1CCN(CCCC(=O)CCC(C)(C)C)CC1.COCCCCC(=O)CCC(C)(C)C. The number of methoxy groups -OCH3 is 1. The molecule has 2 atom stereocenters. The minimum Gasteiger partial charge on any atom is -0.393 e. The van der Waals surface area contributed by atoms with E-state index >= 15 is 0 Å². The number of rotatable bonds is 51. The van der Waals surface area contributed by atoms with Crippen LogP contribution in [-0.4, -0.2) is 168 Å². The molecule has 1 heterocycles. The zero-order valence-electron chi connectivity index (χ0n) is 103. The van der Waals surface area contributed by atoms with E-state index in [0.717, 1.165) is 257 Å². The Kier molecular flexibility index (Phi) is 83.1. The third-order valence-corrected chi connectivity index (χ3v) is 25.7. The zero-order valence-corrected chi connectivity index (χ0v) is 103. The maximum atomic E-state index is 11.8. The number of carbonyl (C=O) groups excluding carboxylic acids is 11. The van der Waals surface area contributed by atoms with E-state index in [0.29, 0.717) is 136 Å². The van der Waals surface area contributed by atoms with Crippen LogP contribution >= 0.6 is 0 Å². The Hall–Kier alpha value is -4.03. The largest absolute Gasteiger partial charge is 0.393 e. The summed E-state index contributed by atoms with van der Waals surface area (Å²) >= 11 is 0. The molecule has 0 aromatic rings. The summed E-state index contributed by atoms with van der Waals surface area (Å²) in [6.07, 6.45) is 43.2. The zero-order chi connectivity index (χ0) is 112. The number of hydrogen-bond donors (Lipinski definition) is 2. The van der Waals surface area contributed by atoms with Gasteiger partial charge in [0.2, 0.25) is 5.91 Å². The highest BCUT2D eigenvalue weighted by Gasteiger charge is 2.42. The minimum atomic E-state index is -0.349. The van der Waals surface area contributed by atoms with Gasteiger partial charge < -0.3 is 29.6 Å². The molecule has 0 radical (unpaired) electrons. The van der Waals surface area contributed by atoms with Gasteiger partial charge in [-0.3, -0.25) is 52.7 Å². The Morgan fingerprint density at radius 3 is 0.894 bits per heavy atom. The Bertz CT molecular complexity index is 3210. The molecule has 1 amide bonds. The molecule has 0 spiro atoms. The standard InChI is InChI=1S/C15H30N2O.2C13H24O.C13H26O.C12H24O2.C11H22O2.C11H20O.C11H22O.C9H19NO.C9H18O.C8H16O2/c1-15(2,3)8-7-14(18)6-5-9-17-12-10-16(4)11-13-17;1-12(2,3)7-5-11(14)6-8-13(4)9-10-13;1-5-13(8-9-13)10-11(14)6-7-12(2,3)4;1-12(2,3)9-7-11(14)8-10-13(4,5)6;1-12(2,3)9-8-11(13)7-5-6-10-14-4;1-9(12)5-6-10(13)7-8-11(2,3)4;1-11(2,3)7-6-10(12)8-9-4-5-9;1-5-6-7-10(12)8-9-11(2,3)4;1-9(2,3)7-6-8(11)10(4)5;1-5-8(10)6-7-9(2,3)4;1-3-4-8(10)6-5-7(2)9/h5-13H2,1-4H3;2*5-10H2,1-4H3;7-10H2,1-6H3;5-10H2,1-4H3;9,12H,5-8H2,1-4H3;9H,4-8H2,1-3H3;5-9H2,1-4H3;6-7H2,1-5H3;5-7H2,1-4H3;7,9H,3-6H2,1-2H3/t;;;;;;;;;;7-/m..........1/s1. The summed E-state index contributed by atoms with van der Waals surface area (Å²) in [5, 5.41) is 17.8. The lowest BCUT2D eigenvalue weighted by molar-refractivity contribution is -0.129. The summed E-state index contributed by atoms with van der Waals surface area (Å²) in [7, 11) is 7.46. The van der Waals surface area contributed by atoms with Crippen molar-refractivity contribution in [3.8, 4) is 0 Å². The Morgan fingerprint density at radius 1 is 0.338 bits per heavy atom. The van der Waals surface area contributed by atoms with Gasteiger partial charge in [-0.1, -0.05) is 276 Å². The van der Waals surface area contributed by atoms with E-state index in [1.165, 1.54) is 44.9 Å². The van der Waals surface area contributed by atoms with Crippen molar-refractivity contribution < 1.29 is 67.7 Å². The fourth-order valence-corrected chi connectivity index (χ4v) is 13.4. The Labute approximate surface area is 882 Å². The monoisotopic (exact) mass is 2010 g/mol. The second kappa shape index (κ2) is 78.2. The third kappa shape index (κ3) is 130. The van der Waals surface area contributed by atoms with Gasteiger partial charge in [-0.15, -0.1) is 0 Å². The first kappa shape index (κ1) is 151. The van der Waals surface area contributed by atoms with Crippen LogP contribution < -0.4 is 0 Å². The molecule has 2 N–H and O–H groups in total. The fourth-order valence-electron chi connectivity index (χ4n) is 13.4. The van der Waals surface area contributed by atoms with Crippen LogP contribution in [0.15, 0.2) is 0 Å². The number of amides is 1. The van der Waals surface area contributed by atoms with Crippen molar-refractivity contribution in [1.82, 2.24) is 14.7 Å². The van der Waals surface area contributed by atoms with Crippen molar-refractivity contribution in [2.45, 2.75) is 597 Å². The van der Waals surface area contributed by atoms with Crippen LogP contribution in [0.3, 0.4) is 0 Å². The molecule has 1 unspecified atom stereocenters. The predicted molar refractivity (Wildman–Crippen MR) is 610 cm³/mol. The number of ketones is 10. The van der Waals surface area contributed by atoms with Crippen molar-refractivity contribution in [3.63, 3.8) is 0 Å². The summed E-state index contributed by atoms with van der Waals surface area (Å²) in [6, 6.07) is 0. The van der Waals surface area contributed by atoms with Gasteiger partial charge in [0.05, 0.1) is 12.2 Å². The molecule has 17 heteroatoms. The van der Waals surface area contributed by atoms with E-state index in [4.69, 9.17) is 14.9 Å². The normalized spacial score (nSPS) is 15.1. The highest BCUT2D eigenvalue weighted by molar-refractivity contribution is 5.82.